The van der Waals surface area contributed by atoms with Crippen molar-refractivity contribution in [1.82, 2.24) is 4.90 Å². The van der Waals surface area contributed by atoms with Gasteiger partial charge in [0.25, 0.3) is 0 Å². The van der Waals surface area contributed by atoms with Crippen LogP contribution in [0, 0.1) is 0 Å². The largest absolute Gasteiger partial charge is 0.472 e. The van der Waals surface area contributed by atoms with Crippen molar-refractivity contribution >= 4 is 19.8 Å². The van der Waals surface area contributed by atoms with Gasteiger partial charge in [-0.05, 0) is 65.5 Å². The molecular weight excluding hydrogens is 713 g/mol. The Morgan fingerprint density at radius 1 is 0.564 bits per heavy atom. The Kier molecular flexibility index (Phi) is 38.3. The molecular formula is C45H80NO8P. The van der Waals surface area contributed by atoms with Crippen LogP contribution in [0.5, 0.6) is 0 Å². The van der Waals surface area contributed by atoms with Crippen LogP contribution >= 0.6 is 7.82 Å². The molecule has 0 rings (SSSR count). The Morgan fingerprint density at radius 2 is 1.02 bits per heavy atom. The van der Waals surface area contributed by atoms with Crippen molar-refractivity contribution < 1.29 is 37.6 Å². The number of likely N-dealkylation sites (N-methyl/N-ethyl adjacent to an activating group) is 1. The highest BCUT2D eigenvalue weighted by atomic mass is 31.2. The van der Waals surface area contributed by atoms with Crippen LogP contribution in [0.25, 0.3) is 0 Å². The molecule has 0 fully saturated rings. The molecule has 0 aromatic rings. The Labute approximate surface area is 336 Å². The fourth-order valence-corrected chi connectivity index (χ4v) is 6.23. The first-order valence-corrected chi connectivity index (χ1v) is 23.1. The lowest BCUT2D eigenvalue weighted by molar-refractivity contribution is -0.161. The molecule has 0 saturated carbocycles. The van der Waals surface area contributed by atoms with Gasteiger partial charge in [0, 0.05) is 19.4 Å². The van der Waals surface area contributed by atoms with Crippen molar-refractivity contribution in [2.45, 2.75) is 174 Å². The second-order valence-corrected chi connectivity index (χ2v) is 16.0. The normalized spacial score (nSPS) is 14.0. The van der Waals surface area contributed by atoms with Crippen LogP contribution in [0.2, 0.25) is 0 Å². The number of esters is 2. The standard InChI is InChI=1S/C45H80NO8P/c1-5-7-9-11-13-15-17-19-20-21-22-23-24-26-28-30-32-34-36-38-45(48)54-43(42-53-55(49,50)52-40-39-46(3)4)41-51-44(47)37-35-33-31-29-27-25-18-16-14-12-10-8-6-2/h13,15,19-20,22-23,26,28,32,34,43H,5-12,14,16-18,21,24-25,27,29-31,33,35-42H2,1-4H3,(H,49,50)/b15-13-,20-19-,23-22-,28-26-,34-32-. The van der Waals surface area contributed by atoms with Crippen molar-refractivity contribution in [2.24, 2.45) is 0 Å². The zero-order chi connectivity index (χ0) is 40.5. The summed E-state index contributed by atoms with van der Waals surface area (Å²) in [5.74, 6) is -0.900. The predicted molar refractivity (Wildman–Crippen MR) is 229 cm³/mol. The van der Waals surface area contributed by atoms with E-state index in [0.29, 0.717) is 13.0 Å². The molecule has 2 unspecified atom stereocenters. The molecule has 1 N–H and O–H groups in total. The van der Waals surface area contributed by atoms with E-state index in [9.17, 15) is 19.0 Å². The number of rotatable bonds is 39. The lowest BCUT2D eigenvalue weighted by Crippen LogP contribution is -2.29. The summed E-state index contributed by atoms with van der Waals surface area (Å²) in [6, 6.07) is 0. The number of unbranched alkanes of at least 4 members (excludes halogenated alkanes) is 15. The minimum Gasteiger partial charge on any atom is -0.462 e. The van der Waals surface area contributed by atoms with Gasteiger partial charge in [-0.3, -0.25) is 18.6 Å². The van der Waals surface area contributed by atoms with Crippen LogP contribution in [-0.2, 0) is 32.7 Å². The van der Waals surface area contributed by atoms with E-state index < -0.39 is 32.5 Å². The van der Waals surface area contributed by atoms with Gasteiger partial charge >= 0.3 is 19.8 Å². The molecule has 0 amide bonds. The average Bonchev–Trinajstić information content (AvgIpc) is 3.15. The van der Waals surface area contributed by atoms with Crippen LogP contribution in [0.3, 0.4) is 0 Å². The van der Waals surface area contributed by atoms with E-state index >= 15 is 0 Å². The molecule has 9 nitrogen and oxygen atoms in total. The summed E-state index contributed by atoms with van der Waals surface area (Å²) in [6.45, 7) is 4.20. The van der Waals surface area contributed by atoms with Crippen LogP contribution in [-0.4, -0.2) is 68.3 Å². The monoisotopic (exact) mass is 794 g/mol. The number of phosphoric ester groups is 1. The van der Waals surface area contributed by atoms with E-state index in [1.165, 1.54) is 89.9 Å². The van der Waals surface area contributed by atoms with Gasteiger partial charge in [-0.1, -0.05) is 164 Å². The first-order valence-electron chi connectivity index (χ1n) is 21.6. The molecule has 0 heterocycles. The molecule has 0 aromatic heterocycles. The Morgan fingerprint density at radius 3 is 1.53 bits per heavy atom. The Bertz CT molecular complexity index is 1100. The number of phosphoric acid groups is 1. The van der Waals surface area contributed by atoms with E-state index in [-0.39, 0.29) is 26.1 Å². The third-order valence-corrected chi connectivity index (χ3v) is 9.82. The van der Waals surface area contributed by atoms with Gasteiger partial charge < -0.3 is 19.3 Å². The maximum absolute atomic E-state index is 12.6. The molecule has 0 spiro atoms. The van der Waals surface area contributed by atoms with Gasteiger partial charge in [0.1, 0.15) is 6.61 Å². The highest BCUT2D eigenvalue weighted by Crippen LogP contribution is 2.43. The highest BCUT2D eigenvalue weighted by Gasteiger charge is 2.26. The highest BCUT2D eigenvalue weighted by molar-refractivity contribution is 7.47. The van der Waals surface area contributed by atoms with Gasteiger partial charge in [-0.25, -0.2) is 4.57 Å². The van der Waals surface area contributed by atoms with E-state index in [1.54, 1.807) is 4.90 Å². The van der Waals surface area contributed by atoms with Crippen molar-refractivity contribution in [3.8, 4) is 0 Å². The third-order valence-electron chi connectivity index (χ3n) is 8.84. The molecule has 318 valence electrons. The topological polar surface area (TPSA) is 112 Å². The molecule has 0 saturated heterocycles. The second kappa shape index (κ2) is 39.9. The smallest absolute Gasteiger partial charge is 0.462 e. The zero-order valence-corrected chi connectivity index (χ0v) is 36.2. The summed E-state index contributed by atoms with van der Waals surface area (Å²) < 4.78 is 33.3. The number of ether oxygens (including phenoxy) is 2. The van der Waals surface area contributed by atoms with E-state index in [4.69, 9.17) is 18.5 Å². The Balaban J connectivity index is 4.44. The fraction of sp³-hybridized carbons (Fsp3) is 0.733. The maximum Gasteiger partial charge on any atom is 0.472 e. The van der Waals surface area contributed by atoms with E-state index in [1.807, 2.05) is 26.2 Å². The summed E-state index contributed by atoms with van der Waals surface area (Å²) in [4.78, 5) is 36.9. The van der Waals surface area contributed by atoms with Gasteiger partial charge in [0.15, 0.2) is 6.10 Å². The lowest BCUT2D eigenvalue weighted by Gasteiger charge is -2.20. The first-order chi connectivity index (χ1) is 26.7. The van der Waals surface area contributed by atoms with Crippen molar-refractivity contribution in [3.63, 3.8) is 0 Å². The van der Waals surface area contributed by atoms with Crippen LogP contribution in [0.1, 0.15) is 168 Å². The number of carbonyl (C=O) groups is 2. The molecule has 0 aromatic carbocycles. The third kappa shape index (κ3) is 41.2. The molecule has 2 atom stereocenters. The summed E-state index contributed by atoms with van der Waals surface area (Å²) in [7, 11) is -0.750. The van der Waals surface area contributed by atoms with Crippen molar-refractivity contribution in [3.05, 3.63) is 60.8 Å². The molecule has 0 aliphatic heterocycles. The molecule has 0 aliphatic rings. The van der Waals surface area contributed by atoms with E-state index in [0.717, 1.165) is 44.9 Å². The molecule has 0 radical (unpaired) electrons. The Hall–Kier alpha value is -2.29. The van der Waals surface area contributed by atoms with Gasteiger partial charge in [0.2, 0.25) is 0 Å². The van der Waals surface area contributed by atoms with Gasteiger partial charge in [0.05, 0.1) is 13.2 Å². The maximum atomic E-state index is 12.6. The minimum absolute atomic E-state index is 0.00721. The summed E-state index contributed by atoms with van der Waals surface area (Å²) in [5.41, 5.74) is 0. The molecule has 55 heavy (non-hydrogen) atoms. The van der Waals surface area contributed by atoms with Crippen molar-refractivity contribution in [1.29, 1.82) is 0 Å². The number of allylic oxidation sites excluding steroid dienone is 10. The zero-order valence-electron chi connectivity index (χ0n) is 35.3. The van der Waals surface area contributed by atoms with Crippen LogP contribution in [0.15, 0.2) is 60.8 Å². The second-order valence-electron chi connectivity index (χ2n) is 14.5. The molecule has 10 heteroatoms. The SMILES string of the molecule is CCCCC/C=C\C/C=C\C/C=C\C/C=C\C/C=C\CCC(=O)OC(COC(=O)CCCCCCCCCCCCCCC)COP(=O)(O)OCCN(C)C. The average molecular weight is 794 g/mol. The number of carbonyl (C=O) groups excluding carboxylic acids is 2. The molecule has 0 bridgehead atoms. The number of nitrogens with zero attached hydrogens (tertiary/aromatic N) is 1. The number of hydrogen-bond donors (Lipinski definition) is 1. The van der Waals surface area contributed by atoms with Crippen LogP contribution in [0.4, 0.5) is 0 Å². The van der Waals surface area contributed by atoms with Gasteiger partial charge in [-0.15, -0.1) is 0 Å². The van der Waals surface area contributed by atoms with Crippen LogP contribution < -0.4 is 0 Å². The summed E-state index contributed by atoms with van der Waals surface area (Å²) >= 11 is 0. The fourth-order valence-electron chi connectivity index (χ4n) is 5.49. The number of hydrogen-bond acceptors (Lipinski definition) is 8. The summed E-state index contributed by atoms with van der Waals surface area (Å²) in [6.07, 6.45) is 45.6. The minimum atomic E-state index is -4.38. The lowest BCUT2D eigenvalue weighted by atomic mass is 10.0. The molecule has 0 aliphatic carbocycles. The van der Waals surface area contributed by atoms with E-state index in [2.05, 4.69) is 62.5 Å². The van der Waals surface area contributed by atoms with Gasteiger partial charge in [-0.2, -0.15) is 0 Å². The first kappa shape index (κ1) is 52.7. The quantitative estimate of drug-likeness (QED) is 0.0281. The predicted octanol–water partition coefficient (Wildman–Crippen LogP) is 12.3. The van der Waals surface area contributed by atoms with Crippen molar-refractivity contribution in [2.75, 3.05) is 40.5 Å². The summed E-state index contributed by atoms with van der Waals surface area (Å²) in [5, 5.41) is 0.